The lowest BCUT2D eigenvalue weighted by Crippen LogP contribution is -2.22. The van der Waals surface area contributed by atoms with Gasteiger partial charge in [0.2, 0.25) is 0 Å². The molecule has 0 bridgehead atoms. The van der Waals surface area contributed by atoms with E-state index < -0.39 is 17.4 Å². The number of pyridine rings is 1. The van der Waals surface area contributed by atoms with Gasteiger partial charge in [-0.15, -0.1) is 0 Å². The van der Waals surface area contributed by atoms with Gasteiger partial charge in [0, 0.05) is 18.0 Å². The van der Waals surface area contributed by atoms with Gasteiger partial charge in [-0.3, -0.25) is 9.59 Å². The quantitative estimate of drug-likeness (QED) is 0.786. The molecule has 1 aromatic heterocycles. The Morgan fingerprint density at radius 3 is 2.62 bits per heavy atom. The maximum atomic E-state index is 12.0. The van der Waals surface area contributed by atoms with E-state index in [0.717, 1.165) is 0 Å². The number of rotatable bonds is 4. The number of carbonyl (C=O) groups excluding carboxylic acids is 1. The number of hydrogen-bond donors (Lipinski definition) is 3. The molecule has 0 atom stereocenters. The van der Waals surface area contributed by atoms with Gasteiger partial charge in [-0.05, 0) is 24.3 Å². The lowest BCUT2D eigenvalue weighted by atomic mass is 10.1. The highest BCUT2D eigenvalue weighted by atomic mass is 16.5. The molecule has 0 saturated heterocycles. The van der Waals surface area contributed by atoms with Gasteiger partial charge >= 0.3 is 5.97 Å². The number of benzene rings is 1. The van der Waals surface area contributed by atoms with Crippen LogP contribution in [0.25, 0.3) is 0 Å². The second-order valence-corrected chi connectivity index (χ2v) is 4.09. The van der Waals surface area contributed by atoms with Crippen molar-refractivity contribution in [1.29, 1.82) is 0 Å². The number of hydrogen-bond acceptors (Lipinski definition) is 4. The molecule has 7 heteroatoms. The largest absolute Gasteiger partial charge is 0.496 e. The van der Waals surface area contributed by atoms with Crippen LogP contribution in [0.4, 0.5) is 5.69 Å². The van der Waals surface area contributed by atoms with E-state index in [0.29, 0.717) is 5.69 Å². The minimum absolute atomic E-state index is 0.0203. The fourth-order valence-electron chi connectivity index (χ4n) is 1.74. The van der Waals surface area contributed by atoms with Crippen molar-refractivity contribution in [3.63, 3.8) is 0 Å². The molecule has 0 fully saturated rings. The number of anilines is 1. The Kier molecular flexibility index (Phi) is 4.03. The molecule has 3 N–H and O–H groups in total. The molecule has 2 rings (SSSR count). The van der Waals surface area contributed by atoms with E-state index in [2.05, 4.69) is 10.3 Å². The fourth-order valence-corrected chi connectivity index (χ4v) is 1.74. The Labute approximate surface area is 119 Å². The van der Waals surface area contributed by atoms with E-state index >= 15 is 0 Å². The predicted octanol–water partition coefficient (Wildman–Crippen LogP) is 1.33. The van der Waals surface area contributed by atoms with Crippen LogP contribution in [-0.2, 0) is 0 Å². The van der Waals surface area contributed by atoms with Gasteiger partial charge in [-0.1, -0.05) is 0 Å². The van der Waals surface area contributed by atoms with Gasteiger partial charge < -0.3 is 20.1 Å². The van der Waals surface area contributed by atoms with Gasteiger partial charge in [0.05, 0.1) is 7.11 Å². The smallest absolute Gasteiger partial charge is 0.339 e. The summed E-state index contributed by atoms with van der Waals surface area (Å²) >= 11 is 0. The molecule has 0 aliphatic rings. The molecule has 0 radical (unpaired) electrons. The molecular formula is C14H12N2O5. The zero-order chi connectivity index (χ0) is 15.4. The van der Waals surface area contributed by atoms with Crippen molar-refractivity contribution in [2.45, 2.75) is 0 Å². The van der Waals surface area contributed by atoms with Crippen molar-refractivity contribution < 1.29 is 19.4 Å². The van der Waals surface area contributed by atoms with Crippen LogP contribution in [0.2, 0.25) is 0 Å². The molecule has 0 unspecified atom stereocenters. The number of carbonyl (C=O) groups is 2. The van der Waals surface area contributed by atoms with E-state index in [-0.39, 0.29) is 16.9 Å². The summed E-state index contributed by atoms with van der Waals surface area (Å²) in [7, 11) is 1.33. The Balaban J connectivity index is 2.28. The highest BCUT2D eigenvalue weighted by molar-refractivity contribution is 6.04. The van der Waals surface area contributed by atoms with Crippen molar-refractivity contribution in [2.24, 2.45) is 0 Å². The lowest BCUT2D eigenvalue weighted by Gasteiger charge is -2.09. The number of methoxy groups -OCH3 is 1. The van der Waals surface area contributed by atoms with Crippen LogP contribution < -0.4 is 15.6 Å². The number of ether oxygens (including phenoxy) is 1. The summed E-state index contributed by atoms with van der Waals surface area (Å²) in [6.07, 6.45) is 1.42. The van der Waals surface area contributed by atoms with E-state index in [1.54, 1.807) is 0 Å². The normalized spacial score (nSPS) is 9.95. The Morgan fingerprint density at radius 1 is 1.24 bits per heavy atom. The summed E-state index contributed by atoms with van der Waals surface area (Å²) in [6, 6.07) is 7.02. The molecule has 108 valence electrons. The molecule has 1 heterocycles. The van der Waals surface area contributed by atoms with Crippen LogP contribution in [0.1, 0.15) is 20.7 Å². The zero-order valence-corrected chi connectivity index (χ0v) is 11.0. The summed E-state index contributed by atoms with van der Waals surface area (Å²) in [5.41, 5.74) is -0.249. The van der Waals surface area contributed by atoms with Gasteiger partial charge in [0.15, 0.2) is 0 Å². The fraction of sp³-hybridized carbons (Fsp3) is 0.0714. The van der Waals surface area contributed by atoms with Crippen LogP contribution in [0, 0.1) is 0 Å². The monoisotopic (exact) mass is 288 g/mol. The average molecular weight is 288 g/mol. The number of aromatic nitrogens is 1. The SMILES string of the molecule is COc1cc(NC(=O)c2ccc[nH]c2=O)ccc1C(=O)O. The summed E-state index contributed by atoms with van der Waals surface area (Å²) in [4.78, 5) is 36.8. The highest BCUT2D eigenvalue weighted by Gasteiger charge is 2.14. The maximum absolute atomic E-state index is 12.0. The predicted molar refractivity (Wildman–Crippen MR) is 75.0 cm³/mol. The van der Waals surface area contributed by atoms with Crippen molar-refractivity contribution >= 4 is 17.6 Å². The number of amides is 1. The first kappa shape index (κ1) is 14.3. The van der Waals surface area contributed by atoms with Crippen molar-refractivity contribution in [2.75, 3.05) is 12.4 Å². The zero-order valence-electron chi connectivity index (χ0n) is 11.0. The molecule has 7 nitrogen and oxygen atoms in total. The third kappa shape index (κ3) is 3.08. The van der Waals surface area contributed by atoms with Gasteiger partial charge in [0.1, 0.15) is 16.9 Å². The van der Waals surface area contributed by atoms with Crippen molar-refractivity contribution in [1.82, 2.24) is 4.98 Å². The van der Waals surface area contributed by atoms with E-state index in [1.807, 2.05) is 0 Å². The number of carboxylic acid groups (broad SMARTS) is 1. The standard InChI is InChI=1S/C14H12N2O5/c1-21-11-7-8(4-5-9(11)14(19)20)16-13(18)10-3-2-6-15-12(10)17/h2-7H,1H3,(H,15,17)(H,16,18)(H,19,20). The molecular weight excluding hydrogens is 276 g/mol. The third-order valence-corrected chi connectivity index (χ3v) is 2.75. The number of aromatic amines is 1. The molecule has 0 aliphatic heterocycles. The van der Waals surface area contributed by atoms with Crippen LogP contribution in [0.5, 0.6) is 5.75 Å². The topological polar surface area (TPSA) is 108 Å². The average Bonchev–Trinajstić information content (AvgIpc) is 2.47. The molecule has 1 amide bonds. The van der Waals surface area contributed by atoms with Crippen LogP contribution >= 0.6 is 0 Å². The van der Waals surface area contributed by atoms with Gasteiger partial charge in [-0.2, -0.15) is 0 Å². The summed E-state index contributed by atoms with van der Waals surface area (Å²) in [5, 5.41) is 11.5. The third-order valence-electron chi connectivity index (χ3n) is 2.75. The molecule has 0 saturated carbocycles. The van der Waals surface area contributed by atoms with E-state index in [1.165, 1.54) is 43.6 Å². The number of aromatic carboxylic acids is 1. The molecule has 0 spiro atoms. The summed E-state index contributed by atoms with van der Waals surface area (Å²) in [5.74, 6) is -1.62. The molecule has 0 aliphatic carbocycles. The maximum Gasteiger partial charge on any atom is 0.339 e. The Hall–Kier alpha value is -3.09. The minimum atomic E-state index is -1.13. The number of nitrogens with one attached hydrogen (secondary N) is 2. The number of carboxylic acids is 1. The van der Waals surface area contributed by atoms with Crippen molar-refractivity contribution in [3.05, 3.63) is 58.0 Å². The second-order valence-electron chi connectivity index (χ2n) is 4.09. The lowest BCUT2D eigenvalue weighted by molar-refractivity contribution is 0.0693. The van der Waals surface area contributed by atoms with Gasteiger partial charge in [0.25, 0.3) is 11.5 Å². The van der Waals surface area contributed by atoms with Crippen molar-refractivity contribution in [3.8, 4) is 5.75 Å². The highest BCUT2D eigenvalue weighted by Crippen LogP contribution is 2.23. The van der Waals surface area contributed by atoms with Gasteiger partial charge in [-0.25, -0.2) is 4.79 Å². The summed E-state index contributed by atoms with van der Waals surface area (Å²) in [6.45, 7) is 0. The molecule has 21 heavy (non-hydrogen) atoms. The molecule has 1 aromatic carbocycles. The Bertz CT molecular complexity index is 751. The first-order valence-electron chi connectivity index (χ1n) is 5.93. The minimum Gasteiger partial charge on any atom is -0.496 e. The van der Waals surface area contributed by atoms with Crippen LogP contribution in [0.3, 0.4) is 0 Å². The Morgan fingerprint density at radius 2 is 2.00 bits per heavy atom. The summed E-state index contributed by atoms with van der Waals surface area (Å²) < 4.78 is 4.96. The first-order chi connectivity index (χ1) is 10.0. The van der Waals surface area contributed by atoms with E-state index in [9.17, 15) is 14.4 Å². The van der Waals surface area contributed by atoms with E-state index in [4.69, 9.17) is 9.84 Å². The van der Waals surface area contributed by atoms with Crippen LogP contribution in [-0.4, -0.2) is 29.1 Å². The van der Waals surface area contributed by atoms with Crippen LogP contribution in [0.15, 0.2) is 41.3 Å². The second kappa shape index (κ2) is 5.91. The molecule has 2 aromatic rings. The first-order valence-corrected chi connectivity index (χ1v) is 5.93. The number of H-pyrrole nitrogens is 1.